The second kappa shape index (κ2) is 10.9. The van der Waals surface area contributed by atoms with Crippen LogP contribution in [-0.2, 0) is 4.79 Å². The van der Waals surface area contributed by atoms with E-state index >= 15 is 0 Å². The van der Waals surface area contributed by atoms with Gasteiger partial charge in [0.1, 0.15) is 17.1 Å². The number of carboxylic acids is 1. The van der Waals surface area contributed by atoms with E-state index in [-0.39, 0.29) is 29.1 Å². The zero-order valence-electron chi connectivity index (χ0n) is 18.2. The predicted octanol–water partition coefficient (Wildman–Crippen LogP) is 4.64. The maximum atomic E-state index is 13.0. The number of carbonyl (C=O) groups is 2. The highest BCUT2D eigenvalue weighted by molar-refractivity contribution is 6.04. The molecule has 0 aliphatic carbocycles. The van der Waals surface area contributed by atoms with Crippen LogP contribution in [0.1, 0.15) is 36.2 Å². The average molecular weight is 451 g/mol. The van der Waals surface area contributed by atoms with E-state index in [4.69, 9.17) is 9.84 Å². The van der Waals surface area contributed by atoms with Crippen LogP contribution in [0.5, 0.6) is 5.75 Å². The fraction of sp³-hybridized carbons (Fsp3) is 0.250. The molecule has 33 heavy (non-hydrogen) atoms. The number of amides is 1. The minimum Gasteiger partial charge on any atom is -0.497 e. The number of unbranched alkanes of at least 4 members (excludes halogenated alkanes) is 2. The maximum absolute atomic E-state index is 13.0. The molecule has 2 aromatic carbocycles. The molecule has 1 heterocycles. The third-order valence-corrected chi connectivity index (χ3v) is 5.18. The van der Waals surface area contributed by atoms with E-state index in [1.807, 2.05) is 0 Å². The number of aromatic nitrogens is 1. The minimum absolute atomic E-state index is 0.0835. The molecule has 0 spiro atoms. The summed E-state index contributed by atoms with van der Waals surface area (Å²) < 4.78 is 5.16. The molecule has 172 valence electrons. The maximum Gasteiger partial charge on any atom is 0.303 e. The molecule has 0 fully saturated rings. The van der Waals surface area contributed by atoms with E-state index in [0.29, 0.717) is 42.7 Å². The molecule has 9 heteroatoms. The molecule has 0 aliphatic rings. The number of aliphatic carboxylic acids is 1. The van der Waals surface area contributed by atoms with E-state index in [1.165, 1.54) is 7.11 Å². The third kappa shape index (κ3) is 5.76. The Labute approximate surface area is 190 Å². The van der Waals surface area contributed by atoms with Gasteiger partial charge in [-0.15, -0.1) is 0 Å². The molecule has 9 nitrogen and oxygen atoms in total. The number of hydrogen-bond acceptors (Lipinski definition) is 5. The standard InChI is InChI=1S/C24H25N3O6/c1-33-18-13-11-17(12-14-18)21-23(27(31)32)20(16-8-4-2-5-9-16)22(26-21)24(30)25-15-7-3-6-10-19(28)29/h2,4-5,8-9,11-14,26H,3,6-7,10,15H2,1H3,(H,25,30)(H,28,29). The molecule has 0 radical (unpaired) electrons. The lowest BCUT2D eigenvalue weighted by Crippen LogP contribution is -2.25. The van der Waals surface area contributed by atoms with Crippen LogP contribution in [0.15, 0.2) is 54.6 Å². The van der Waals surface area contributed by atoms with E-state index in [1.54, 1.807) is 54.6 Å². The number of rotatable bonds is 11. The molecule has 1 aromatic heterocycles. The van der Waals surface area contributed by atoms with E-state index in [9.17, 15) is 19.7 Å². The number of H-pyrrole nitrogens is 1. The molecule has 0 bridgehead atoms. The van der Waals surface area contributed by atoms with E-state index in [0.717, 1.165) is 0 Å². The van der Waals surface area contributed by atoms with Crippen LogP contribution in [0.2, 0.25) is 0 Å². The lowest BCUT2D eigenvalue weighted by molar-refractivity contribution is -0.383. The zero-order chi connectivity index (χ0) is 23.8. The van der Waals surface area contributed by atoms with E-state index < -0.39 is 16.8 Å². The van der Waals surface area contributed by atoms with Crippen molar-refractivity contribution >= 4 is 17.6 Å². The van der Waals surface area contributed by atoms with Crippen molar-refractivity contribution in [3.63, 3.8) is 0 Å². The SMILES string of the molecule is COc1ccc(-c2[nH]c(C(=O)NCCCCCC(=O)O)c(-c3ccccc3)c2[N+](=O)[O-])cc1. The Morgan fingerprint density at radius 3 is 2.33 bits per heavy atom. The van der Waals surface area contributed by atoms with Crippen molar-refractivity contribution in [2.75, 3.05) is 13.7 Å². The van der Waals surface area contributed by atoms with Crippen LogP contribution >= 0.6 is 0 Å². The topological polar surface area (TPSA) is 135 Å². The Morgan fingerprint density at radius 2 is 1.73 bits per heavy atom. The zero-order valence-corrected chi connectivity index (χ0v) is 18.2. The van der Waals surface area contributed by atoms with Gasteiger partial charge in [0, 0.05) is 18.5 Å². The first kappa shape index (κ1) is 23.5. The number of benzene rings is 2. The molecular formula is C24H25N3O6. The van der Waals surface area contributed by atoms with Crippen molar-refractivity contribution in [3.05, 3.63) is 70.4 Å². The van der Waals surface area contributed by atoms with Crippen molar-refractivity contribution in [2.24, 2.45) is 0 Å². The lowest BCUT2D eigenvalue weighted by Gasteiger charge is -2.06. The summed E-state index contributed by atoms with van der Waals surface area (Å²) in [7, 11) is 1.53. The third-order valence-electron chi connectivity index (χ3n) is 5.18. The number of ether oxygens (including phenoxy) is 1. The molecule has 3 N–H and O–H groups in total. The smallest absolute Gasteiger partial charge is 0.303 e. The van der Waals surface area contributed by atoms with Crippen molar-refractivity contribution < 1.29 is 24.4 Å². The number of carboxylic acid groups (broad SMARTS) is 1. The van der Waals surface area contributed by atoms with Gasteiger partial charge >= 0.3 is 11.7 Å². The molecule has 3 aromatic rings. The Kier molecular flexibility index (Phi) is 7.80. The summed E-state index contributed by atoms with van der Waals surface area (Å²) in [6.07, 6.45) is 1.87. The largest absolute Gasteiger partial charge is 0.497 e. The van der Waals surface area contributed by atoms with Gasteiger partial charge in [0.15, 0.2) is 0 Å². The second-order valence-electron chi connectivity index (χ2n) is 7.41. The van der Waals surface area contributed by atoms with Gasteiger partial charge in [-0.25, -0.2) is 0 Å². The second-order valence-corrected chi connectivity index (χ2v) is 7.41. The van der Waals surface area contributed by atoms with Crippen LogP contribution in [0.25, 0.3) is 22.4 Å². The summed E-state index contributed by atoms with van der Waals surface area (Å²) in [6.45, 7) is 0.331. The highest BCUT2D eigenvalue weighted by atomic mass is 16.6. The van der Waals surface area contributed by atoms with Crippen molar-refractivity contribution in [1.82, 2.24) is 10.3 Å². The first-order chi connectivity index (χ1) is 15.9. The molecule has 0 atom stereocenters. The van der Waals surface area contributed by atoms with Crippen molar-refractivity contribution in [3.8, 4) is 28.1 Å². The summed E-state index contributed by atoms with van der Waals surface area (Å²) in [5.41, 5.74) is 1.46. The quantitative estimate of drug-likeness (QED) is 0.221. The van der Waals surface area contributed by atoms with Gasteiger partial charge in [-0.05, 0) is 42.7 Å². The monoisotopic (exact) mass is 451 g/mol. The molecule has 0 saturated carbocycles. The fourth-order valence-corrected chi connectivity index (χ4v) is 3.56. The minimum atomic E-state index is -0.851. The number of nitrogens with zero attached hydrogens (tertiary/aromatic N) is 1. The van der Waals surface area contributed by atoms with Crippen LogP contribution in [-0.4, -0.2) is 40.5 Å². The van der Waals surface area contributed by atoms with Crippen molar-refractivity contribution in [2.45, 2.75) is 25.7 Å². The summed E-state index contributed by atoms with van der Waals surface area (Å²) >= 11 is 0. The highest BCUT2D eigenvalue weighted by Crippen LogP contribution is 2.41. The molecule has 1 amide bonds. The molecule has 0 unspecified atom stereocenters. The normalized spacial score (nSPS) is 10.6. The van der Waals surface area contributed by atoms with Gasteiger partial charge in [0.05, 0.1) is 17.6 Å². The van der Waals surface area contributed by atoms with Gasteiger partial charge in [0.2, 0.25) is 0 Å². The first-order valence-corrected chi connectivity index (χ1v) is 10.5. The Morgan fingerprint density at radius 1 is 1.03 bits per heavy atom. The lowest BCUT2D eigenvalue weighted by atomic mass is 10.0. The highest BCUT2D eigenvalue weighted by Gasteiger charge is 2.31. The van der Waals surface area contributed by atoms with Crippen LogP contribution in [0.3, 0.4) is 0 Å². The Balaban J connectivity index is 1.95. The summed E-state index contributed by atoms with van der Waals surface area (Å²) in [4.78, 5) is 38.2. The summed E-state index contributed by atoms with van der Waals surface area (Å²) in [5, 5.41) is 23.6. The van der Waals surface area contributed by atoms with Gasteiger partial charge in [-0.2, -0.15) is 0 Å². The fourth-order valence-electron chi connectivity index (χ4n) is 3.56. The molecule has 3 rings (SSSR count). The van der Waals surface area contributed by atoms with Gasteiger partial charge in [0.25, 0.3) is 5.91 Å². The van der Waals surface area contributed by atoms with Crippen LogP contribution in [0, 0.1) is 10.1 Å². The number of hydrogen-bond donors (Lipinski definition) is 3. The predicted molar refractivity (Wildman–Crippen MR) is 123 cm³/mol. The first-order valence-electron chi connectivity index (χ1n) is 10.5. The number of methoxy groups -OCH3 is 1. The number of nitro groups is 1. The molecule has 0 saturated heterocycles. The van der Waals surface area contributed by atoms with Crippen LogP contribution in [0.4, 0.5) is 5.69 Å². The number of carbonyl (C=O) groups excluding carboxylic acids is 1. The Hall–Kier alpha value is -4.14. The molecular weight excluding hydrogens is 426 g/mol. The van der Waals surface area contributed by atoms with Gasteiger partial charge in [-0.1, -0.05) is 36.8 Å². The van der Waals surface area contributed by atoms with E-state index in [2.05, 4.69) is 10.3 Å². The number of aromatic amines is 1. The summed E-state index contributed by atoms with van der Waals surface area (Å²) in [5.74, 6) is -0.705. The van der Waals surface area contributed by atoms with Gasteiger partial charge < -0.3 is 20.1 Å². The van der Waals surface area contributed by atoms with Crippen LogP contribution < -0.4 is 10.1 Å². The van der Waals surface area contributed by atoms with Gasteiger partial charge in [-0.3, -0.25) is 19.7 Å². The molecule has 0 aliphatic heterocycles. The van der Waals surface area contributed by atoms with Crippen molar-refractivity contribution in [1.29, 1.82) is 0 Å². The number of nitrogens with one attached hydrogen (secondary N) is 2. The summed E-state index contributed by atoms with van der Waals surface area (Å²) in [6, 6.07) is 15.5. The Bertz CT molecular complexity index is 1120. The average Bonchev–Trinajstić information content (AvgIpc) is 3.23.